The van der Waals surface area contributed by atoms with Crippen LogP contribution in [-0.4, -0.2) is 15.3 Å². The van der Waals surface area contributed by atoms with Crippen molar-refractivity contribution < 1.29 is 5.11 Å². The second-order valence-corrected chi connectivity index (χ2v) is 5.37. The lowest BCUT2D eigenvalue weighted by Crippen LogP contribution is -2.16. The molecule has 2 heteroatoms. The summed E-state index contributed by atoms with van der Waals surface area (Å²) in [5.41, 5.74) is 0. The van der Waals surface area contributed by atoms with Crippen LogP contribution in [0, 0.1) is 0 Å². The fourth-order valence-corrected chi connectivity index (χ4v) is 2.80. The van der Waals surface area contributed by atoms with Crippen molar-refractivity contribution in [2.24, 2.45) is 0 Å². The van der Waals surface area contributed by atoms with E-state index in [1.807, 2.05) is 13.8 Å². The Labute approximate surface area is 67.2 Å². The first kappa shape index (κ1) is 8.41. The summed E-state index contributed by atoms with van der Waals surface area (Å²) in [6, 6.07) is 0. The third kappa shape index (κ3) is 2.93. The van der Waals surface area contributed by atoms with E-state index in [-0.39, 0.29) is 0 Å². The molecule has 0 aromatic carbocycles. The minimum atomic E-state index is -0.519. The Morgan fingerprint density at radius 2 is 1.80 bits per heavy atom. The maximum Gasteiger partial charge on any atom is 0.105 e. The standard InChI is InChI=1S/C8H16OS/c1-8(2,9)10-7-5-3-4-6-7/h7,9H,3-6H2,1-2H3. The van der Waals surface area contributed by atoms with Gasteiger partial charge in [-0.25, -0.2) is 0 Å². The van der Waals surface area contributed by atoms with Crippen molar-refractivity contribution in [2.75, 3.05) is 0 Å². The van der Waals surface area contributed by atoms with Gasteiger partial charge in [-0.1, -0.05) is 12.8 Å². The van der Waals surface area contributed by atoms with Gasteiger partial charge in [0.15, 0.2) is 0 Å². The van der Waals surface area contributed by atoms with E-state index in [1.165, 1.54) is 25.7 Å². The highest BCUT2D eigenvalue weighted by Crippen LogP contribution is 2.35. The zero-order valence-electron chi connectivity index (χ0n) is 6.76. The molecule has 1 nitrogen and oxygen atoms in total. The molecule has 0 radical (unpaired) electrons. The summed E-state index contributed by atoms with van der Waals surface area (Å²) in [4.78, 5) is -0.519. The summed E-state index contributed by atoms with van der Waals surface area (Å²) in [6.45, 7) is 3.74. The van der Waals surface area contributed by atoms with Gasteiger partial charge in [0.2, 0.25) is 0 Å². The van der Waals surface area contributed by atoms with Gasteiger partial charge in [0.05, 0.1) is 0 Å². The molecule has 0 saturated heterocycles. The first-order valence-corrected chi connectivity index (χ1v) is 4.86. The Kier molecular flexibility index (Phi) is 2.64. The Morgan fingerprint density at radius 1 is 1.30 bits per heavy atom. The average molecular weight is 160 g/mol. The van der Waals surface area contributed by atoms with Crippen LogP contribution in [0.15, 0.2) is 0 Å². The molecule has 0 atom stereocenters. The molecule has 0 bridgehead atoms. The lowest BCUT2D eigenvalue weighted by Gasteiger charge is -2.20. The van der Waals surface area contributed by atoms with E-state index in [4.69, 9.17) is 0 Å². The van der Waals surface area contributed by atoms with Gasteiger partial charge < -0.3 is 5.11 Å². The summed E-state index contributed by atoms with van der Waals surface area (Å²) in [5.74, 6) is 0. The quantitative estimate of drug-likeness (QED) is 0.626. The van der Waals surface area contributed by atoms with Crippen LogP contribution >= 0.6 is 11.8 Å². The van der Waals surface area contributed by atoms with Crippen molar-refractivity contribution in [3.8, 4) is 0 Å². The molecular weight excluding hydrogens is 144 g/mol. The van der Waals surface area contributed by atoms with Gasteiger partial charge in [0, 0.05) is 5.25 Å². The molecule has 10 heavy (non-hydrogen) atoms. The molecule has 60 valence electrons. The number of aliphatic hydroxyl groups is 1. The summed E-state index contributed by atoms with van der Waals surface area (Å²) in [5, 5.41) is 10.2. The maximum atomic E-state index is 9.44. The highest BCUT2D eigenvalue weighted by atomic mass is 32.2. The van der Waals surface area contributed by atoms with Crippen molar-refractivity contribution >= 4 is 11.8 Å². The molecule has 0 amide bonds. The topological polar surface area (TPSA) is 20.2 Å². The third-order valence-electron chi connectivity index (χ3n) is 1.76. The molecular formula is C8H16OS. The van der Waals surface area contributed by atoms with E-state index in [0.717, 1.165) is 5.25 Å². The molecule has 0 aromatic heterocycles. The SMILES string of the molecule is CC(C)(O)SC1CCCC1. The molecule has 0 aromatic rings. The molecule has 0 unspecified atom stereocenters. The highest BCUT2D eigenvalue weighted by Gasteiger charge is 2.23. The van der Waals surface area contributed by atoms with Crippen LogP contribution in [0.25, 0.3) is 0 Å². The largest absolute Gasteiger partial charge is 0.380 e. The van der Waals surface area contributed by atoms with Crippen molar-refractivity contribution in [3.05, 3.63) is 0 Å². The van der Waals surface area contributed by atoms with Gasteiger partial charge in [-0.3, -0.25) is 0 Å². The predicted molar refractivity (Wildman–Crippen MR) is 46.1 cm³/mol. The Hall–Kier alpha value is 0.310. The van der Waals surface area contributed by atoms with E-state index in [1.54, 1.807) is 11.8 Å². The highest BCUT2D eigenvalue weighted by molar-refractivity contribution is 8.01. The fraction of sp³-hybridized carbons (Fsp3) is 1.00. The Balaban J connectivity index is 2.24. The molecule has 1 fully saturated rings. The monoisotopic (exact) mass is 160 g/mol. The van der Waals surface area contributed by atoms with Gasteiger partial charge in [-0.05, 0) is 26.7 Å². The number of thioether (sulfide) groups is 1. The Morgan fingerprint density at radius 3 is 2.20 bits per heavy atom. The van der Waals surface area contributed by atoms with Crippen LogP contribution in [0.5, 0.6) is 0 Å². The van der Waals surface area contributed by atoms with Crippen LogP contribution in [0.1, 0.15) is 39.5 Å². The van der Waals surface area contributed by atoms with Gasteiger partial charge in [-0.2, -0.15) is 0 Å². The molecule has 1 N–H and O–H groups in total. The van der Waals surface area contributed by atoms with E-state index >= 15 is 0 Å². The smallest absolute Gasteiger partial charge is 0.105 e. The molecule has 1 rings (SSSR count). The van der Waals surface area contributed by atoms with Crippen LogP contribution in [-0.2, 0) is 0 Å². The minimum absolute atomic E-state index is 0.519. The van der Waals surface area contributed by atoms with Crippen LogP contribution < -0.4 is 0 Å². The van der Waals surface area contributed by atoms with Crippen LogP contribution in [0.3, 0.4) is 0 Å². The summed E-state index contributed by atoms with van der Waals surface area (Å²) >= 11 is 1.72. The first-order chi connectivity index (χ1) is 4.58. The van der Waals surface area contributed by atoms with E-state index in [9.17, 15) is 5.11 Å². The number of rotatable bonds is 2. The summed E-state index contributed by atoms with van der Waals surface area (Å²) in [6.07, 6.45) is 5.31. The Bertz CT molecular complexity index is 100. The molecule has 1 aliphatic rings. The van der Waals surface area contributed by atoms with Crippen LogP contribution in [0.2, 0.25) is 0 Å². The van der Waals surface area contributed by atoms with Crippen molar-refractivity contribution in [3.63, 3.8) is 0 Å². The van der Waals surface area contributed by atoms with Gasteiger partial charge >= 0.3 is 0 Å². The second-order valence-electron chi connectivity index (χ2n) is 3.47. The molecule has 1 saturated carbocycles. The first-order valence-electron chi connectivity index (χ1n) is 3.98. The van der Waals surface area contributed by atoms with Crippen molar-refractivity contribution in [1.82, 2.24) is 0 Å². The number of hydrogen-bond donors (Lipinski definition) is 1. The zero-order valence-corrected chi connectivity index (χ0v) is 7.58. The number of hydrogen-bond acceptors (Lipinski definition) is 2. The lowest BCUT2D eigenvalue weighted by atomic mass is 10.4. The third-order valence-corrected chi connectivity index (χ3v) is 3.14. The molecule has 0 spiro atoms. The molecule has 0 aliphatic heterocycles. The van der Waals surface area contributed by atoms with Crippen molar-refractivity contribution in [1.29, 1.82) is 0 Å². The molecule has 0 heterocycles. The van der Waals surface area contributed by atoms with Crippen molar-refractivity contribution in [2.45, 2.75) is 49.7 Å². The van der Waals surface area contributed by atoms with Crippen LogP contribution in [0.4, 0.5) is 0 Å². The fourth-order valence-electron chi connectivity index (χ4n) is 1.41. The van der Waals surface area contributed by atoms with Gasteiger partial charge in [0.25, 0.3) is 0 Å². The predicted octanol–water partition coefficient (Wildman–Crippen LogP) is 2.39. The summed E-state index contributed by atoms with van der Waals surface area (Å²) < 4.78 is 0. The average Bonchev–Trinajstić information content (AvgIpc) is 2.12. The second kappa shape index (κ2) is 3.14. The van der Waals surface area contributed by atoms with Gasteiger partial charge in [-0.15, -0.1) is 11.8 Å². The minimum Gasteiger partial charge on any atom is -0.380 e. The van der Waals surface area contributed by atoms with Gasteiger partial charge in [0.1, 0.15) is 4.93 Å². The summed E-state index contributed by atoms with van der Waals surface area (Å²) in [7, 11) is 0. The van der Waals surface area contributed by atoms with E-state index in [0.29, 0.717) is 0 Å². The maximum absolute atomic E-state index is 9.44. The zero-order chi connectivity index (χ0) is 7.61. The van der Waals surface area contributed by atoms with E-state index in [2.05, 4.69) is 0 Å². The normalized spacial score (nSPS) is 21.9. The lowest BCUT2D eigenvalue weighted by molar-refractivity contribution is 0.178. The van der Waals surface area contributed by atoms with E-state index < -0.39 is 4.93 Å². The molecule has 1 aliphatic carbocycles.